The standard InChI is InChI=1S/C12H17NO5/c1-7(2)12(3,17)6-13-10(14)8-4-5-9(18-8)11(15)16/h4-5,7,17H,6H2,1-3H3,(H,13,14)(H,15,16). The summed E-state index contributed by atoms with van der Waals surface area (Å²) in [5.74, 6) is -2.20. The van der Waals surface area contributed by atoms with E-state index in [4.69, 9.17) is 9.52 Å². The molecule has 0 radical (unpaired) electrons. The summed E-state index contributed by atoms with van der Waals surface area (Å²) in [4.78, 5) is 22.2. The van der Waals surface area contributed by atoms with Crippen molar-refractivity contribution < 1.29 is 24.2 Å². The van der Waals surface area contributed by atoms with E-state index in [2.05, 4.69) is 5.32 Å². The highest BCUT2D eigenvalue weighted by atomic mass is 16.4. The Kier molecular flexibility index (Phi) is 4.13. The van der Waals surface area contributed by atoms with Crippen molar-refractivity contribution in [2.75, 3.05) is 6.54 Å². The van der Waals surface area contributed by atoms with Crippen molar-refractivity contribution in [2.45, 2.75) is 26.4 Å². The Hall–Kier alpha value is -1.82. The van der Waals surface area contributed by atoms with Crippen molar-refractivity contribution in [3.8, 4) is 0 Å². The summed E-state index contributed by atoms with van der Waals surface area (Å²) < 4.78 is 4.84. The molecule has 1 atom stereocenters. The molecule has 0 bridgehead atoms. The number of carbonyl (C=O) groups excluding carboxylic acids is 1. The minimum Gasteiger partial charge on any atom is -0.475 e. The van der Waals surface area contributed by atoms with Gasteiger partial charge in [-0.2, -0.15) is 0 Å². The largest absolute Gasteiger partial charge is 0.475 e. The molecule has 6 nitrogen and oxygen atoms in total. The van der Waals surface area contributed by atoms with Crippen LogP contribution in [0.25, 0.3) is 0 Å². The van der Waals surface area contributed by atoms with E-state index in [0.29, 0.717) is 0 Å². The fourth-order valence-corrected chi connectivity index (χ4v) is 1.13. The first-order valence-corrected chi connectivity index (χ1v) is 5.57. The summed E-state index contributed by atoms with van der Waals surface area (Å²) in [5.41, 5.74) is -1.03. The molecular formula is C12H17NO5. The molecule has 0 saturated carbocycles. The number of rotatable bonds is 5. The van der Waals surface area contributed by atoms with Crippen LogP contribution in [0.5, 0.6) is 0 Å². The minimum absolute atomic E-state index is 0.0241. The van der Waals surface area contributed by atoms with Gasteiger partial charge in [0.1, 0.15) is 0 Å². The number of carboxylic acid groups (broad SMARTS) is 1. The number of aliphatic hydroxyl groups is 1. The average molecular weight is 255 g/mol. The maximum atomic E-state index is 11.6. The molecule has 0 aromatic carbocycles. The van der Waals surface area contributed by atoms with Crippen LogP contribution in [0.15, 0.2) is 16.5 Å². The fourth-order valence-electron chi connectivity index (χ4n) is 1.13. The summed E-state index contributed by atoms with van der Waals surface area (Å²) in [5, 5.41) is 21.1. The van der Waals surface area contributed by atoms with E-state index in [0.717, 1.165) is 0 Å². The van der Waals surface area contributed by atoms with Crippen molar-refractivity contribution in [3.63, 3.8) is 0 Å². The first kappa shape index (κ1) is 14.2. The summed E-state index contributed by atoms with van der Waals surface area (Å²) in [7, 11) is 0. The molecule has 1 rings (SSSR count). The molecule has 18 heavy (non-hydrogen) atoms. The lowest BCUT2D eigenvalue weighted by Gasteiger charge is -2.27. The van der Waals surface area contributed by atoms with Crippen molar-refractivity contribution in [1.82, 2.24) is 5.32 Å². The van der Waals surface area contributed by atoms with Gasteiger partial charge < -0.3 is 19.9 Å². The lowest BCUT2D eigenvalue weighted by Crippen LogP contribution is -2.44. The Morgan fingerprint density at radius 2 is 1.94 bits per heavy atom. The van der Waals surface area contributed by atoms with Gasteiger partial charge in [0.2, 0.25) is 5.76 Å². The highest BCUT2D eigenvalue weighted by molar-refractivity contribution is 5.93. The Bertz CT molecular complexity index is 447. The quantitative estimate of drug-likeness (QED) is 0.732. The minimum atomic E-state index is -1.23. The number of carboxylic acids is 1. The van der Waals surface area contributed by atoms with Gasteiger partial charge in [-0.3, -0.25) is 4.79 Å². The molecular weight excluding hydrogens is 238 g/mol. The number of aromatic carboxylic acids is 1. The molecule has 0 aliphatic heterocycles. The number of amides is 1. The average Bonchev–Trinajstić information content (AvgIpc) is 2.75. The Balaban J connectivity index is 2.63. The van der Waals surface area contributed by atoms with E-state index in [1.807, 2.05) is 13.8 Å². The van der Waals surface area contributed by atoms with Crippen LogP contribution in [0.2, 0.25) is 0 Å². The topological polar surface area (TPSA) is 99.8 Å². The maximum Gasteiger partial charge on any atom is 0.371 e. The third kappa shape index (κ3) is 3.33. The predicted molar refractivity (Wildman–Crippen MR) is 63.5 cm³/mol. The summed E-state index contributed by atoms with van der Waals surface area (Å²) in [6.45, 7) is 5.35. The summed E-state index contributed by atoms with van der Waals surface area (Å²) in [6, 6.07) is 2.49. The molecule has 0 aliphatic carbocycles. The monoisotopic (exact) mass is 255 g/mol. The van der Waals surface area contributed by atoms with Crippen LogP contribution in [0, 0.1) is 5.92 Å². The first-order valence-electron chi connectivity index (χ1n) is 5.57. The van der Waals surface area contributed by atoms with Gasteiger partial charge in [-0.15, -0.1) is 0 Å². The van der Waals surface area contributed by atoms with E-state index < -0.39 is 17.5 Å². The van der Waals surface area contributed by atoms with E-state index >= 15 is 0 Å². The van der Waals surface area contributed by atoms with Crippen LogP contribution in [-0.4, -0.2) is 34.2 Å². The van der Waals surface area contributed by atoms with Gasteiger partial charge in [-0.05, 0) is 25.0 Å². The van der Waals surface area contributed by atoms with E-state index in [1.54, 1.807) is 6.92 Å². The molecule has 100 valence electrons. The zero-order valence-corrected chi connectivity index (χ0v) is 10.6. The lowest BCUT2D eigenvalue weighted by atomic mass is 9.92. The van der Waals surface area contributed by atoms with E-state index in [9.17, 15) is 14.7 Å². The smallest absolute Gasteiger partial charge is 0.371 e. The molecule has 0 aliphatic rings. The van der Waals surface area contributed by atoms with Crippen molar-refractivity contribution >= 4 is 11.9 Å². The van der Waals surface area contributed by atoms with Crippen LogP contribution in [0.4, 0.5) is 0 Å². The zero-order chi connectivity index (χ0) is 13.9. The van der Waals surface area contributed by atoms with Gasteiger partial charge >= 0.3 is 5.97 Å². The molecule has 1 heterocycles. The van der Waals surface area contributed by atoms with Crippen LogP contribution >= 0.6 is 0 Å². The molecule has 6 heteroatoms. The van der Waals surface area contributed by atoms with Crippen molar-refractivity contribution in [2.24, 2.45) is 5.92 Å². The number of nitrogens with one attached hydrogen (secondary N) is 1. The van der Waals surface area contributed by atoms with E-state index in [-0.39, 0.29) is 24.0 Å². The van der Waals surface area contributed by atoms with Crippen LogP contribution in [0.3, 0.4) is 0 Å². The number of hydrogen-bond donors (Lipinski definition) is 3. The Labute approximate surface area is 105 Å². The highest BCUT2D eigenvalue weighted by Crippen LogP contribution is 2.15. The number of hydrogen-bond acceptors (Lipinski definition) is 4. The van der Waals surface area contributed by atoms with Gasteiger partial charge in [0.15, 0.2) is 5.76 Å². The first-order chi connectivity index (χ1) is 8.24. The van der Waals surface area contributed by atoms with Crippen molar-refractivity contribution in [3.05, 3.63) is 23.7 Å². The van der Waals surface area contributed by atoms with E-state index in [1.165, 1.54) is 12.1 Å². The fraction of sp³-hybridized carbons (Fsp3) is 0.500. The van der Waals surface area contributed by atoms with Crippen LogP contribution in [0.1, 0.15) is 41.9 Å². The second-order valence-electron chi connectivity index (χ2n) is 4.66. The number of carbonyl (C=O) groups is 2. The maximum absolute atomic E-state index is 11.6. The summed E-state index contributed by atoms with van der Waals surface area (Å²) >= 11 is 0. The Morgan fingerprint density at radius 3 is 2.39 bits per heavy atom. The van der Waals surface area contributed by atoms with Gasteiger partial charge in [0.25, 0.3) is 5.91 Å². The second-order valence-corrected chi connectivity index (χ2v) is 4.66. The third-order valence-corrected chi connectivity index (χ3v) is 2.89. The zero-order valence-electron chi connectivity index (χ0n) is 10.6. The highest BCUT2D eigenvalue weighted by Gasteiger charge is 2.26. The second kappa shape index (κ2) is 5.22. The predicted octanol–water partition coefficient (Wildman–Crippen LogP) is 1.11. The van der Waals surface area contributed by atoms with Crippen LogP contribution in [-0.2, 0) is 0 Å². The van der Waals surface area contributed by atoms with Gasteiger partial charge in [-0.25, -0.2) is 4.79 Å². The summed E-state index contributed by atoms with van der Waals surface area (Å²) in [6.07, 6.45) is 0. The molecule has 0 spiro atoms. The molecule has 3 N–H and O–H groups in total. The third-order valence-electron chi connectivity index (χ3n) is 2.89. The van der Waals surface area contributed by atoms with Gasteiger partial charge in [0.05, 0.1) is 5.60 Å². The molecule has 1 unspecified atom stereocenters. The number of furan rings is 1. The molecule has 1 aromatic rings. The Morgan fingerprint density at radius 1 is 1.39 bits per heavy atom. The van der Waals surface area contributed by atoms with Gasteiger partial charge in [-0.1, -0.05) is 13.8 Å². The van der Waals surface area contributed by atoms with Gasteiger partial charge in [0, 0.05) is 6.54 Å². The van der Waals surface area contributed by atoms with Crippen LogP contribution < -0.4 is 5.32 Å². The SMILES string of the molecule is CC(C)C(C)(O)CNC(=O)c1ccc(C(=O)O)o1. The van der Waals surface area contributed by atoms with Crippen molar-refractivity contribution in [1.29, 1.82) is 0 Å². The molecule has 0 saturated heterocycles. The molecule has 1 aromatic heterocycles. The molecule has 1 amide bonds. The lowest BCUT2D eigenvalue weighted by molar-refractivity contribution is 0.0139. The normalized spacial score (nSPS) is 14.3. The molecule has 0 fully saturated rings.